The molecule has 2 aromatic carbocycles. The van der Waals surface area contributed by atoms with Crippen molar-refractivity contribution in [3.63, 3.8) is 0 Å². The van der Waals surface area contributed by atoms with Gasteiger partial charge in [0.1, 0.15) is 5.75 Å². The number of halogens is 1. The van der Waals surface area contributed by atoms with Crippen LogP contribution in [-0.2, 0) is 14.3 Å². The van der Waals surface area contributed by atoms with E-state index in [-0.39, 0.29) is 17.6 Å². The first-order chi connectivity index (χ1) is 15.5. The summed E-state index contributed by atoms with van der Waals surface area (Å²) in [5.74, 6) is -0.299. The van der Waals surface area contributed by atoms with Crippen LogP contribution in [0.3, 0.4) is 0 Å². The number of hydrogen-bond donors (Lipinski definition) is 0. The van der Waals surface area contributed by atoms with Crippen molar-refractivity contribution in [2.75, 3.05) is 13.7 Å². The van der Waals surface area contributed by atoms with Crippen LogP contribution in [0.25, 0.3) is 0 Å². The standard InChI is InChI=1S/C23H20ClN3O4S/c1-3-31-21(28)13-20-22(29)25-23(32-20)27-19(15-4-8-16(24)9-5-15)12-18(26-27)14-6-10-17(30-2)11-7-14/h4-11,13,19H,3,12H2,1-2H3. The van der Waals surface area contributed by atoms with Crippen molar-refractivity contribution in [2.45, 2.75) is 19.4 Å². The Hall–Kier alpha value is -3.10. The van der Waals surface area contributed by atoms with Gasteiger partial charge in [-0.25, -0.2) is 9.80 Å². The molecule has 0 spiro atoms. The summed E-state index contributed by atoms with van der Waals surface area (Å²) in [6.07, 6.45) is 1.78. The molecule has 4 rings (SSSR count). The fraction of sp³-hybridized carbons (Fsp3) is 0.217. The largest absolute Gasteiger partial charge is 0.497 e. The normalized spacial score (nSPS) is 19.2. The summed E-state index contributed by atoms with van der Waals surface area (Å²) in [6.45, 7) is 1.94. The Morgan fingerprint density at radius 3 is 2.59 bits per heavy atom. The highest BCUT2D eigenvalue weighted by Gasteiger charge is 2.36. The van der Waals surface area contributed by atoms with Gasteiger partial charge in [-0.05, 0) is 66.2 Å². The molecule has 0 N–H and O–H groups in total. The number of aliphatic imine (C=N–C) groups is 1. The first-order valence-corrected chi connectivity index (χ1v) is 11.1. The quantitative estimate of drug-likeness (QED) is 0.471. The van der Waals surface area contributed by atoms with E-state index in [2.05, 4.69) is 4.99 Å². The lowest BCUT2D eigenvalue weighted by atomic mass is 9.98. The Kier molecular flexibility index (Phi) is 6.62. The van der Waals surface area contributed by atoms with Crippen LogP contribution in [0.15, 0.2) is 69.6 Å². The maximum Gasteiger partial charge on any atom is 0.332 e. The maximum absolute atomic E-state index is 12.4. The van der Waals surface area contributed by atoms with Gasteiger partial charge in [0.25, 0.3) is 5.91 Å². The van der Waals surface area contributed by atoms with E-state index in [1.165, 1.54) is 6.08 Å². The first-order valence-electron chi connectivity index (χ1n) is 9.94. The molecule has 0 aromatic heterocycles. The average molecular weight is 470 g/mol. The van der Waals surface area contributed by atoms with Gasteiger partial charge in [0.15, 0.2) is 5.17 Å². The first kappa shape index (κ1) is 22.1. The molecule has 2 heterocycles. The SMILES string of the molecule is CCOC(=O)C=C1SC(N2N=C(c3ccc(OC)cc3)CC2c2ccc(Cl)cc2)=NC1=O. The second-order valence-electron chi connectivity index (χ2n) is 6.95. The third kappa shape index (κ3) is 4.71. The Bertz CT molecular complexity index is 1130. The van der Waals surface area contributed by atoms with E-state index in [1.807, 2.05) is 48.5 Å². The van der Waals surface area contributed by atoms with Gasteiger partial charge >= 0.3 is 5.97 Å². The number of thioether (sulfide) groups is 1. The lowest BCUT2D eigenvalue weighted by Crippen LogP contribution is -2.23. The van der Waals surface area contributed by atoms with Crippen LogP contribution in [0.4, 0.5) is 0 Å². The smallest absolute Gasteiger partial charge is 0.332 e. The predicted molar refractivity (Wildman–Crippen MR) is 125 cm³/mol. The fourth-order valence-corrected chi connectivity index (χ4v) is 4.38. The molecule has 2 aliphatic rings. The number of carbonyl (C=O) groups is 2. The van der Waals surface area contributed by atoms with Gasteiger partial charge < -0.3 is 9.47 Å². The summed E-state index contributed by atoms with van der Waals surface area (Å²) in [6, 6.07) is 15.0. The fourth-order valence-electron chi connectivity index (χ4n) is 3.38. The summed E-state index contributed by atoms with van der Waals surface area (Å²) in [5, 5.41) is 7.57. The van der Waals surface area contributed by atoms with Crippen molar-refractivity contribution in [1.82, 2.24) is 5.01 Å². The van der Waals surface area contributed by atoms with E-state index in [4.69, 9.17) is 26.2 Å². The second kappa shape index (κ2) is 9.58. The molecule has 0 saturated carbocycles. The molecule has 0 saturated heterocycles. The zero-order valence-electron chi connectivity index (χ0n) is 17.4. The zero-order chi connectivity index (χ0) is 22.7. The summed E-state index contributed by atoms with van der Waals surface area (Å²) in [7, 11) is 1.62. The van der Waals surface area contributed by atoms with Gasteiger partial charge in [-0.15, -0.1) is 0 Å². The molecule has 1 amide bonds. The number of esters is 1. The molecule has 0 radical (unpaired) electrons. The van der Waals surface area contributed by atoms with Gasteiger partial charge in [-0.1, -0.05) is 23.7 Å². The topological polar surface area (TPSA) is 80.6 Å². The summed E-state index contributed by atoms with van der Waals surface area (Å²) >= 11 is 7.18. The van der Waals surface area contributed by atoms with Crippen LogP contribution in [0.2, 0.25) is 5.02 Å². The molecule has 0 aliphatic carbocycles. The third-order valence-corrected chi connectivity index (χ3v) is 6.15. The molecule has 164 valence electrons. The molecule has 1 atom stereocenters. The Balaban J connectivity index is 1.66. The highest BCUT2D eigenvalue weighted by atomic mass is 35.5. The molecule has 7 nitrogen and oxygen atoms in total. The second-order valence-corrected chi connectivity index (χ2v) is 8.40. The molecule has 0 bridgehead atoms. The van der Waals surface area contributed by atoms with Crippen molar-refractivity contribution >= 4 is 46.1 Å². The lowest BCUT2D eigenvalue weighted by molar-refractivity contribution is -0.137. The van der Waals surface area contributed by atoms with Crippen molar-refractivity contribution in [3.05, 3.63) is 75.7 Å². The molecule has 2 aromatic rings. The molecular weight excluding hydrogens is 450 g/mol. The Morgan fingerprint density at radius 1 is 1.22 bits per heavy atom. The van der Waals surface area contributed by atoms with E-state index < -0.39 is 11.9 Å². The number of methoxy groups -OCH3 is 1. The van der Waals surface area contributed by atoms with Crippen molar-refractivity contribution in [3.8, 4) is 5.75 Å². The minimum absolute atomic E-state index is 0.176. The van der Waals surface area contributed by atoms with E-state index in [0.29, 0.717) is 16.6 Å². The van der Waals surface area contributed by atoms with E-state index in [9.17, 15) is 9.59 Å². The number of ether oxygens (including phenoxy) is 2. The summed E-state index contributed by atoms with van der Waals surface area (Å²) < 4.78 is 10.2. The van der Waals surface area contributed by atoms with E-state index >= 15 is 0 Å². The predicted octanol–water partition coefficient (Wildman–Crippen LogP) is 4.58. The summed E-state index contributed by atoms with van der Waals surface area (Å²) in [4.78, 5) is 28.6. The van der Waals surface area contributed by atoms with Gasteiger partial charge in [-0.2, -0.15) is 10.1 Å². The number of carbonyl (C=O) groups excluding carboxylic acids is 2. The van der Waals surface area contributed by atoms with Crippen LogP contribution < -0.4 is 4.74 Å². The third-order valence-electron chi connectivity index (χ3n) is 4.93. The molecule has 2 aliphatic heterocycles. The van der Waals surface area contributed by atoms with Gasteiger partial charge in [0, 0.05) is 17.5 Å². The number of amidine groups is 1. The number of benzene rings is 2. The highest BCUT2D eigenvalue weighted by molar-refractivity contribution is 8.18. The zero-order valence-corrected chi connectivity index (χ0v) is 19.0. The molecular formula is C23H20ClN3O4S. The summed E-state index contributed by atoms with van der Waals surface area (Å²) in [5.41, 5.74) is 2.79. The van der Waals surface area contributed by atoms with Crippen LogP contribution in [-0.4, -0.2) is 41.5 Å². The van der Waals surface area contributed by atoms with Gasteiger partial charge in [0.2, 0.25) is 0 Å². The Labute approximate surface area is 194 Å². The van der Waals surface area contributed by atoms with Crippen LogP contribution in [0.5, 0.6) is 5.75 Å². The lowest BCUT2D eigenvalue weighted by Gasteiger charge is -2.22. The minimum Gasteiger partial charge on any atom is -0.497 e. The van der Waals surface area contributed by atoms with Crippen LogP contribution >= 0.6 is 23.4 Å². The Morgan fingerprint density at radius 2 is 1.94 bits per heavy atom. The number of rotatable bonds is 5. The molecule has 9 heteroatoms. The van der Waals surface area contributed by atoms with Gasteiger partial charge in [0.05, 0.1) is 30.4 Å². The number of hydrogen-bond acceptors (Lipinski definition) is 7. The van der Waals surface area contributed by atoms with Crippen molar-refractivity contribution in [2.24, 2.45) is 10.1 Å². The van der Waals surface area contributed by atoms with Crippen molar-refractivity contribution in [1.29, 1.82) is 0 Å². The van der Waals surface area contributed by atoms with E-state index in [0.717, 1.165) is 34.3 Å². The van der Waals surface area contributed by atoms with E-state index in [1.54, 1.807) is 19.0 Å². The minimum atomic E-state index is -0.571. The number of nitrogens with zero attached hydrogens (tertiary/aromatic N) is 3. The molecule has 1 unspecified atom stereocenters. The average Bonchev–Trinajstić information content (AvgIpc) is 3.39. The van der Waals surface area contributed by atoms with Crippen molar-refractivity contribution < 1.29 is 19.1 Å². The van der Waals surface area contributed by atoms with Gasteiger partial charge in [-0.3, -0.25) is 4.79 Å². The molecule has 32 heavy (non-hydrogen) atoms. The van der Waals surface area contributed by atoms with Crippen LogP contribution in [0.1, 0.15) is 30.5 Å². The maximum atomic E-state index is 12.4. The van der Waals surface area contributed by atoms with Crippen LogP contribution in [0, 0.1) is 0 Å². The monoisotopic (exact) mass is 469 g/mol. The highest BCUT2D eigenvalue weighted by Crippen LogP contribution is 2.39. The number of amides is 1. The molecule has 0 fully saturated rings. The number of hydrazone groups is 1.